The van der Waals surface area contributed by atoms with Gasteiger partial charge in [0.1, 0.15) is 23.0 Å². The highest BCUT2D eigenvalue weighted by molar-refractivity contribution is 6.05. The van der Waals surface area contributed by atoms with Gasteiger partial charge in [0.25, 0.3) is 5.91 Å². The van der Waals surface area contributed by atoms with E-state index in [1.807, 2.05) is 0 Å². The Morgan fingerprint density at radius 3 is 2.16 bits per heavy atom. The lowest BCUT2D eigenvalue weighted by molar-refractivity contribution is 0.0952. The van der Waals surface area contributed by atoms with Crippen LogP contribution in [0, 0.1) is 0 Å². The summed E-state index contributed by atoms with van der Waals surface area (Å²) in [6.45, 7) is 1.71. The highest BCUT2D eigenvalue weighted by Crippen LogP contribution is 2.34. The predicted molar refractivity (Wildman–Crippen MR) is 93.9 cm³/mol. The molecule has 0 atom stereocenters. The first-order chi connectivity index (χ1) is 12.0. The summed E-state index contributed by atoms with van der Waals surface area (Å²) < 4.78 is 15.9. The van der Waals surface area contributed by atoms with Crippen LogP contribution in [0.5, 0.6) is 23.0 Å². The third-order valence-corrected chi connectivity index (χ3v) is 3.55. The minimum absolute atomic E-state index is 0.118. The van der Waals surface area contributed by atoms with Gasteiger partial charge in [0.05, 0.1) is 38.2 Å². The number of phenols is 1. The monoisotopic (exact) mass is 344 g/mol. The van der Waals surface area contributed by atoms with Crippen LogP contribution >= 0.6 is 0 Å². The molecular formula is C18H20N2O5. The number of hydrazone groups is 1. The fourth-order valence-electron chi connectivity index (χ4n) is 2.28. The molecular weight excluding hydrogens is 324 g/mol. The smallest absolute Gasteiger partial charge is 0.275 e. The van der Waals surface area contributed by atoms with E-state index in [0.717, 1.165) is 0 Å². The Balaban J connectivity index is 2.33. The molecule has 2 N–H and O–H groups in total. The van der Waals surface area contributed by atoms with Crippen LogP contribution in [0.25, 0.3) is 0 Å². The van der Waals surface area contributed by atoms with Crippen LogP contribution in [-0.2, 0) is 0 Å². The Morgan fingerprint density at radius 2 is 1.64 bits per heavy atom. The van der Waals surface area contributed by atoms with E-state index < -0.39 is 5.91 Å². The van der Waals surface area contributed by atoms with Gasteiger partial charge in [-0.1, -0.05) is 12.1 Å². The molecule has 0 aromatic heterocycles. The summed E-state index contributed by atoms with van der Waals surface area (Å²) in [6.07, 6.45) is 0. The number of amides is 1. The van der Waals surface area contributed by atoms with Gasteiger partial charge in [-0.05, 0) is 19.1 Å². The van der Waals surface area contributed by atoms with E-state index in [-0.39, 0.29) is 11.3 Å². The average Bonchev–Trinajstić information content (AvgIpc) is 2.64. The van der Waals surface area contributed by atoms with Crippen molar-refractivity contribution in [1.82, 2.24) is 5.43 Å². The molecule has 7 heteroatoms. The van der Waals surface area contributed by atoms with Crippen molar-refractivity contribution >= 4 is 11.6 Å². The molecule has 0 radical (unpaired) electrons. The molecule has 2 aromatic rings. The number of nitrogens with one attached hydrogen (secondary N) is 1. The van der Waals surface area contributed by atoms with Gasteiger partial charge in [0, 0.05) is 12.1 Å². The van der Waals surface area contributed by atoms with Crippen LogP contribution in [0.3, 0.4) is 0 Å². The fourth-order valence-corrected chi connectivity index (χ4v) is 2.28. The lowest BCUT2D eigenvalue weighted by atomic mass is 10.1. The van der Waals surface area contributed by atoms with Crippen LogP contribution < -0.4 is 19.6 Å². The molecule has 0 saturated carbocycles. The van der Waals surface area contributed by atoms with Crippen molar-refractivity contribution in [2.45, 2.75) is 6.92 Å². The first-order valence-electron chi connectivity index (χ1n) is 7.44. The molecule has 0 spiro atoms. The SMILES string of the molecule is COc1cc(OC)c(/C(C)=N/NC(=O)c2ccccc2O)c(OC)c1. The second-order valence-corrected chi connectivity index (χ2v) is 5.06. The minimum atomic E-state index is -0.524. The number of aromatic hydroxyl groups is 1. The summed E-state index contributed by atoms with van der Waals surface area (Å²) in [7, 11) is 4.58. The summed E-state index contributed by atoms with van der Waals surface area (Å²) in [5, 5.41) is 13.8. The molecule has 0 aliphatic carbocycles. The molecule has 0 fully saturated rings. The van der Waals surface area contributed by atoms with Crippen LogP contribution in [0.2, 0.25) is 0 Å². The molecule has 0 aliphatic heterocycles. The maximum Gasteiger partial charge on any atom is 0.275 e. The maximum absolute atomic E-state index is 12.1. The normalized spacial score (nSPS) is 11.0. The van der Waals surface area contributed by atoms with E-state index in [2.05, 4.69) is 10.5 Å². The molecule has 7 nitrogen and oxygen atoms in total. The van der Waals surface area contributed by atoms with Gasteiger partial charge in [-0.3, -0.25) is 4.79 Å². The highest BCUT2D eigenvalue weighted by atomic mass is 16.5. The van der Waals surface area contributed by atoms with Gasteiger partial charge in [-0.2, -0.15) is 5.10 Å². The van der Waals surface area contributed by atoms with E-state index >= 15 is 0 Å². The largest absolute Gasteiger partial charge is 0.507 e. The Labute approximate surface area is 145 Å². The summed E-state index contributed by atoms with van der Waals surface area (Å²) in [4.78, 5) is 12.1. The number of hydrogen-bond acceptors (Lipinski definition) is 6. The number of methoxy groups -OCH3 is 3. The van der Waals surface area contributed by atoms with E-state index in [1.165, 1.54) is 26.4 Å². The number of benzene rings is 2. The topological polar surface area (TPSA) is 89.4 Å². The Kier molecular flexibility index (Phi) is 5.84. The summed E-state index contributed by atoms with van der Waals surface area (Å²) in [6, 6.07) is 9.61. The van der Waals surface area contributed by atoms with Crippen LogP contribution in [0.1, 0.15) is 22.8 Å². The van der Waals surface area contributed by atoms with Gasteiger partial charge in [0.15, 0.2) is 0 Å². The molecule has 25 heavy (non-hydrogen) atoms. The van der Waals surface area contributed by atoms with Crippen molar-refractivity contribution in [3.8, 4) is 23.0 Å². The Morgan fingerprint density at radius 1 is 1.04 bits per heavy atom. The second-order valence-electron chi connectivity index (χ2n) is 5.06. The summed E-state index contributed by atoms with van der Waals surface area (Å²) in [5.41, 5.74) is 3.61. The van der Waals surface area contributed by atoms with Gasteiger partial charge < -0.3 is 19.3 Å². The summed E-state index contributed by atoms with van der Waals surface area (Å²) >= 11 is 0. The third kappa shape index (κ3) is 4.00. The van der Waals surface area contributed by atoms with Gasteiger partial charge in [-0.25, -0.2) is 5.43 Å². The Hall–Kier alpha value is -3.22. The molecule has 0 aliphatic rings. The first-order valence-corrected chi connectivity index (χ1v) is 7.44. The fraction of sp³-hybridized carbons (Fsp3) is 0.222. The molecule has 0 saturated heterocycles. The second kappa shape index (κ2) is 8.05. The van der Waals surface area contributed by atoms with Gasteiger partial charge in [-0.15, -0.1) is 0 Å². The zero-order valence-electron chi connectivity index (χ0n) is 14.5. The van der Waals surface area contributed by atoms with E-state index in [0.29, 0.717) is 28.5 Å². The van der Waals surface area contributed by atoms with Gasteiger partial charge >= 0.3 is 0 Å². The van der Waals surface area contributed by atoms with Crippen molar-refractivity contribution in [2.75, 3.05) is 21.3 Å². The summed E-state index contributed by atoms with van der Waals surface area (Å²) in [5.74, 6) is 0.920. The van der Waals surface area contributed by atoms with Crippen LogP contribution in [0.15, 0.2) is 41.5 Å². The van der Waals surface area contributed by atoms with Crippen molar-refractivity contribution in [3.63, 3.8) is 0 Å². The number of rotatable bonds is 6. The van der Waals surface area contributed by atoms with E-state index in [9.17, 15) is 9.90 Å². The number of nitrogens with zero attached hydrogens (tertiary/aromatic N) is 1. The van der Waals surface area contributed by atoms with E-state index in [1.54, 1.807) is 38.3 Å². The number of hydrogen-bond donors (Lipinski definition) is 2. The van der Waals surface area contributed by atoms with Crippen LogP contribution in [0.4, 0.5) is 0 Å². The molecule has 0 heterocycles. The van der Waals surface area contributed by atoms with E-state index in [4.69, 9.17) is 14.2 Å². The molecule has 2 aromatic carbocycles. The number of carbonyl (C=O) groups excluding carboxylic acids is 1. The number of para-hydroxylation sites is 1. The lowest BCUT2D eigenvalue weighted by Crippen LogP contribution is -2.19. The van der Waals surface area contributed by atoms with Crippen molar-refractivity contribution in [2.24, 2.45) is 5.10 Å². The molecule has 0 bridgehead atoms. The minimum Gasteiger partial charge on any atom is -0.507 e. The molecule has 1 amide bonds. The lowest BCUT2D eigenvalue weighted by Gasteiger charge is -2.15. The Bertz CT molecular complexity index is 777. The van der Waals surface area contributed by atoms with Crippen LogP contribution in [-0.4, -0.2) is 38.1 Å². The quantitative estimate of drug-likeness (QED) is 0.621. The zero-order valence-corrected chi connectivity index (χ0v) is 14.5. The van der Waals surface area contributed by atoms with Crippen molar-refractivity contribution < 1.29 is 24.1 Å². The molecule has 0 unspecified atom stereocenters. The van der Waals surface area contributed by atoms with Gasteiger partial charge in [0.2, 0.25) is 0 Å². The van der Waals surface area contributed by atoms with Crippen molar-refractivity contribution in [3.05, 3.63) is 47.5 Å². The number of carbonyl (C=O) groups is 1. The maximum atomic E-state index is 12.1. The zero-order chi connectivity index (χ0) is 18.4. The number of phenolic OH excluding ortho intramolecular Hbond substituents is 1. The molecule has 2 rings (SSSR count). The standard InChI is InChI=1S/C18H20N2O5/c1-11(19-20-18(22)13-7-5-6-8-14(13)21)17-15(24-3)9-12(23-2)10-16(17)25-4/h5-10,21H,1-4H3,(H,20,22)/b19-11+. The highest BCUT2D eigenvalue weighted by Gasteiger charge is 2.17. The first kappa shape index (κ1) is 18.1. The van der Waals surface area contributed by atoms with Crippen molar-refractivity contribution in [1.29, 1.82) is 0 Å². The number of ether oxygens (including phenoxy) is 3. The molecule has 132 valence electrons. The predicted octanol–water partition coefficient (Wildman–Crippen LogP) is 2.57. The average molecular weight is 344 g/mol. The third-order valence-electron chi connectivity index (χ3n) is 3.55.